The lowest BCUT2D eigenvalue weighted by Gasteiger charge is -2.49. The molecule has 0 aromatic carbocycles. The van der Waals surface area contributed by atoms with Crippen molar-refractivity contribution in [1.82, 2.24) is 5.32 Å². The van der Waals surface area contributed by atoms with E-state index in [4.69, 9.17) is 4.74 Å². The monoisotopic (exact) mass is 281 g/mol. The first-order valence-corrected chi connectivity index (χ1v) is 8.75. The minimum absolute atomic E-state index is 0.0807. The fourth-order valence-electron chi connectivity index (χ4n) is 4.96. The molecule has 0 aromatic rings. The third kappa shape index (κ3) is 3.22. The Morgan fingerprint density at radius 2 is 1.85 bits per heavy atom. The molecule has 0 saturated heterocycles. The molecular formula is C18H35NO. The van der Waals surface area contributed by atoms with Crippen LogP contribution in [0.15, 0.2) is 0 Å². The summed E-state index contributed by atoms with van der Waals surface area (Å²) in [5.74, 6) is 3.35. The van der Waals surface area contributed by atoms with E-state index in [-0.39, 0.29) is 5.60 Å². The highest BCUT2D eigenvalue weighted by molar-refractivity contribution is 5.00. The second-order valence-electron chi connectivity index (χ2n) is 7.76. The molecule has 0 spiro atoms. The van der Waals surface area contributed by atoms with Gasteiger partial charge in [0.25, 0.3) is 0 Å². The van der Waals surface area contributed by atoms with Crippen LogP contribution in [0.1, 0.15) is 65.7 Å². The summed E-state index contributed by atoms with van der Waals surface area (Å²) in [6.45, 7) is 7.25. The maximum Gasteiger partial charge on any atom is 0.0836 e. The van der Waals surface area contributed by atoms with Crippen molar-refractivity contribution in [2.75, 3.05) is 14.2 Å². The lowest BCUT2D eigenvalue weighted by Crippen LogP contribution is -2.57. The predicted octanol–water partition coefficient (Wildman–Crippen LogP) is 4.24. The van der Waals surface area contributed by atoms with Crippen LogP contribution in [-0.4, -0.2) is 25.8 Å². The Kier molecular flexibility index (Phi) is 5.53. The molecule has 118 valence electrons. The van der Waals surface area contributed by atoms with Crippen LogP contribution in [-0.2, 0) is 4.74 Å². The van der Waals surface area contributed by atoms with Crippen molar-refractivity contribution in [3.63, 3.8) is 0 Å². The molecule has 0 radical (unpaired) electrons. The van der Waals surface area contributed by atoms with Crippen LogP contribution < -0.4 is 5.32 Å². The van der Waals surface area contributed by atoms with Gasteiger partial charge in [-0.25, -0.2) is 0 Å². The van der Waals surface area contributed by atoms with E-state index in [1.165, 1.54) is 44.9 Å². The predicted molar refractivity (Wildman–Crippen MR) is 85.9 cm³/mol. The number of ether oxygens (including phenoxy) is 1. The van der Waals surface area contributed by atoms with E-state index in [0.717, 1.165) is 23.7 Å². The number of nitrogens with one attached hydrogen (secondary N) is 1. The zero-order chi connectivity index (χ0) is 14.8. The fraction of sp³-hybridized carbons (Fsp3) is 1.00. The lowest BCUT2D eigenvalue weighted by atomic mass is 9.65. The zero-order valence-electron chi connectivity index (χ0n) is 14.2. The molecule has 6 unspecified atom stereocenters. The maximum atomic E-state index is 6.16. The normalized spacial score (nSPS) is 44.2. The number of likely N-dealkylation sites (N-methyl/N-ethyl adjacent to an activating group) is 1. The molecule has 0 aromatic heterocycles. The Labute approximate surface area is 126 Å². The summed E-state index contributed by atoms with van der Waals surface area (Å²) in [5, 5.41) is 3.66. The van der Waals surface area contributed by atoms with Crippen LogP contribution in [0.2, 0.25) is 0 Å². The average Bonchev–Trinajstić information content (AvgIpc) is 2.43. The van der Waals surface area contributed by atoms with Gasteiger partial charge < -0.3 is 10.1 Å². The Morgan fingerprint density at radius 3 is 2.40 bits per heavy atom. The molecule has 2 aliphatic rings. The van der Waals surface area contributed by atoms with E-state index in [2.05, 4.69) is 33.1 Å². The molecule has 6 atom stereocenters. The maximum absolute atomic E-state index is 6.16. The molecule has 1 N–H and O–H groups in total. The minimum atomic E-state index is 0.0807. The van der Waals surface area contributed by atoms with Crippen molar-refractivity contribution in [2.45, 2.75) is 77.4 Å². The van der Waals surface area contributed by atoms with Crippen LogP contribution in [0.25, 0.3) is 0 Å². The van der Waals surface area contributed by atoms with E-state index in [1.807, 2.05) is 7.11 Å². The topological polar surface area (TPSA) is 21.3 Å². The van der Waals surface area contributed by atoms with Gasteiger partial charge in [-0.15, -0.1) is 0 Å². The number of hydrogen-bond donors (Lipinski definition) is 1. The van der Waals surface area contributed by atoms with Crippen LogP contribution in [0.3, 0.4) is 0 Å². The van der Waals surface area contributed by atoms with Gasteiger partial charge in [-0.05, 0) is 56.4 Å². The number of methoxy groups -OCH3 is 1. The molecular weight excluding hydrogens is 246 g/mol. The minimum Gasteiger partial charge on any atom is -0.377 e. The second kappa shape index (κ2) is 6.79. The molecule has 2 heteroatoms. The fourth-order valence-corrected chi connectivity index (χ4v) is 4.96. The van der Waals surface area contributed by atoms with Crippen LogP contribution in [0.5, 0.6) is 0 Å². The van der Waals surface area contributed by atoms with E-state index < -0.39 is 0 Å². The van der Waals surface area contributed by atoms with E-state index in [1.54, 1.807) is 0 Å². The Hall–Kier alpha value is -0.0800. The quantitative estimate of drug-likeness (QED) is 0.832. The molecule has 0 heterocycles. The first-order chi connectivity index (χ1) is 9.52. The van der Waals surface area contributed by atoms with E-state index in [9.17, 15) is 0 Å². The smallest absolute Gasteiger partial charge is 0.0836 e. The Morgan fingerprint density at radius 1 is 1.10 bits per heavy atom. The van der Waals surface area contributed by atoms with Crippen molar-refractivity contribution in [1.29, 1.82) is 0 Å². The first-order valence-electron chi connectivity index (χ1n) is 8.75. The third-order valence-electron chi connectivity index (χ3n) is 6.39. The van der Waals surface area contributed by atoms with Crippen molar-refractivity contribution >= 4 is 0 Å². The standard InChI is InChI=1S/C18H35NO/c1-13-7-6-10-18(12-13,20-5)17(19-4)16-9-8-14(2)15(3)11-16/h13-17,19H,6-12H2,1-5H3. The summed E-state index contributed by atoms with van der Waals surface area (Å²) in [5.41, 5.74) is 0.0807. The van der Waals surface area contributed by atoms with E-state index >= 15 is 0 Å². The van der Waals surface area contributed by atoms with Gasteiger partial charge in [0.15, 0.2) is 0 Å². The average molecular weight is 281 g/mol. The molecule has 0 amide bonds. The first kappa shape index (κ1) is 16.3. The highest BCUT2D eigenvalue weighted by atomic mass is 16.5. The molecule has 0 aliphatic heterocycles. The largest absolute Gasteiger partial charge is 0.377 e. The number of hydrogen-bond acceptors (Lipinski definition) is 2. The van der Waals surface area contributed by atoms with Gasteiger partial charge in [0.05, 0.1) is 5.60 Å². The van der Waals surface area contributed by atoms with Gasteiger partial charge >= 0.3 is 0 Å². The van der Waals surface area contributed by atoms with Crippen LogP contribution in [0, 0.1) is 23.7 Å². The Bertz CT molecular complexity index is 306. The van der Waals surface area contributed by atoms with Crippen molar-refractivity contribution in [3.05, 3.63) is 0 Å². The molecule has 2 rings (SSSR count). The second-order valence-corrected chi connectivity index (χ2v) is 7.76. The zero-order valence-corrected chi connectivity index (χ0v) is 14.2. The van der Waals surface area contributed by atoms with Crippen LogP contribution >= 0.6 is 0 Å². The Balaban J connectivity index is 2.12. The molecule has 20 heavy (non-hydrogen) atoms. The number of rotatable bonds is 4. The van der Waals surface area contributed by atoms with Gasteiger partial charge in [0.1, 0.15) is 0 Å². The summed E-state index contributed by atoms with van der Waals surface area (Å²) >= 11 is 0. The molecule has 2 fully saturated rings. The lowest BCUT2D eigenvalue weighted by molar-refractivity contribution is -0.0972. The highest BCUT2D eigenvalue weighted by Gasteiger charge is 2.46. The van der Waals surface area contributed by atoms with Gasteiger partial charge in [-0.2, -0.15) is 0 Å². The summed E-state index contributed by atoms with van der Waals surface area (Å²) in [4.78, 5) is 0. The van der Waals surface area contributed by atoms with Gasteiger partial charge in [0.2, 0.25) is 0 Å². The molecule has 2 aliphatic carbocycles. The molecule has 2 saturated carbocycles. The summed E-state index contributed by atoms with van der Waals surface area (Å²) < 4.78 is 6.16. The highest BCUT2D eigenvalue weighted by Crippen LogP contribution is 2.44. The van der Waals surface area contributed by atoms with Gasteiger partial charge in [0, 0.05) is 13.2 Å². The van der Waals surface area contributed by atoms with Crippen molar-refractivity contribution in [3.8, 4) is 0 Å². The van der Waals surface area contributed by atoms with E-state index in [0.29, 0.717) is 6.04 Å². The van der Waals surface area contributed by atoms with Crippen molar-refractivity contribution < 1.29 is 4.74 Å². The van der Waals surface area contributed by atoms with Gasteiger partial charge in [-0.3, -0.25) is 0 Å². The third-order valence-corrected chi connectivity index (χ3v) is 6.39. The molecule has 2 nitrogen and oxygen atoms in total. The van der Waals surface area contributed by atoms with Crippen molar-refractivity contribution in [2.24, 2.45) is 23.7 Å². The molecule has 0 bridgehead atoms. The van der Waals surface area contributed by atoms with Gasteiger partial charge in [-0.1, -0.05) is 40.0 Å². The SMILES string of the molecule is CNC(C1CCC(C)C(C)C1)C1(OC)CCCC(C)C1. The summed E-state index contributed by atoms with van der Waals surface area (Å²) in [6.07, 6.45) is 9.29. The van der Waals surface area contributed by atoms with Crippen LogP contribution in [0.4, 0.5) is 0 Å². The summed E-state index contributed by atoms with van der Waals surface area (Å²) in [7, 11) is 4.09. The summed E-state index contributed by atoms with van der Waals surface area (Å²) in [6, 6.07) is 0.533.